The number of amides is 4. The fourth-order valence-electron chi connectivity index (χ4n) is 2.87. The lowest BCUT2D eigenvalue weighted by molar-refractivity contribution is -0.906. The lowest BCUT2D eigenvalue weighted by Crippen LogP contribution is -3.14. The first-order valence-corrected chi connectivity index (χ1v) is 8.79. The number of morpholine rings is 1. The third-order valence-electron chi connectivity index (χ3n) is 4.34. The Kier molecular flexibility index (Phi) is 5.97. The molecule has 0 spiro atoms. The third-order valence-corrected chi connectivity index (χ3v) is 4.59. The summed E-state index contributed by atoms with van der Waals surface area (Å²) in [6.07, 6.45) is 1.33. The van der Waals surface area contributed by atoms with E-state index in [1.165, 1.54) is 11.1 Å². The molecule has 1 aromatic carbocycles. The molecule has 138 valence electrons. The number of nitrogens with zero attached hydrogens (tertiary/aromatic N) is 2. The fourth-order valence-corrected chi connectivity index (χ4v) is 3.00. The van der Waals surface area contributed by atoms with Crippen LogP contribution in [0.2, 0.25) is 5.02 Å². The zero-order valence-corrected chi connectivity index (χ0v) is 14.9. The van der Waals surface area contributed by atoms with E-state index in [0.29, 0.717) is 17.3 Å². The van der Waals surface area contributed by atoms with Gasteiger partial charge in [0.1, 0.15) is 13.1 Å². The van der Waals surface area contributed by atoms with E-state index in [0.717, 1.165) is 37.7 Å². The van der Waals surface area contributed by atoms with Gasteiger partial charge in [-0.15, -0.1) is 0 Å². The summed E-state index contributed by atoms with van der Waals surface area (Å²) >= 11 is 5.83. The number of carbonyl (C=O) groups excluding carboxylic acids is 3. The van der Waals surface area contributed by atoms with Crippen molar-refractivity contribution in [1.29, 1.82) is 0 Å². The van der Waals surface area contributed by atoms with E-state index in [1.807, 2.05) is 0 Å². The van der Waals surface area contributed by atoms with Gasteiger partial charge in [-0.05, 0) is 24.3 Å². The van der Waals surface area contributed by atoms with E-state index in [1.54, 1.807) is 24.3 Å². The van der Waals surface area contributed by atoms with Crippen LogP contribution in [0, 0.1) is 5.92 Å². The molecule has 3 rings (SSSR count). The second-order valence-electron chi connectivity index (χ2n) is 6.09. The second kappa shape index (κ2) is 8.39. The summed E-state index contributed by atoms with van der Waals surface area (Å²) < 4.78 is 5.30. The summed E-state index contributed by atoms with van der Waals surface area (Å²) in [5.74, 6) is -2.40. The van der Waals surface area contributed by atoms with Gasteiger partial charge in [0, 0.05) is 11.2 Å². The number of quaternary nitrogens is 1. The average Bonchev–Trinajstić information content (AvgIpc) is 2.63. The maximum atomic E-state index is 12.6. The van der Waals surface area contributed by atoms with Crippen molar-refractivity contribution in [3.05, 3.63) is 29.3 Å². The van der Waals surface area contributed by atoms with Gasteiger partial charge in [-0.2, -0.15) is 0 Å². The number of nitrogens with one attached hydrogen (secondary N) is 2. The molecule has 26 heavy (non-hydrogen) atoms. The lowest BCUT2D eigenvalue weighted by Gasteiger charge is -2.28. The minimum Gasteiger partial charge on any atom is -0.370 e. The number of ether oxygens (including phenoxy) is 1. The maximum Gasteiger partial charge on any atom is 0.335 e. The molecule has 2 aliphatic heterocycles. The van der Waals surface area contributed by atoms with Crippen LogP contribution in [-0.2, 0) is 14.3 Å². The quantitative estimate of drug-likeness (QED) is 0.534. The highest BCUT2D eigenvalue weighted by molar-refractivity contribution is 6.33. The van der Waals surface area contributed by atoms with Crippen LogP contribution in [-0.4, -0.2) is 63.5 Å². The normalized spacial score (nSPS) is 22.1. The lowest BCUT2D eigenvalue weighted by atomic mass is 10.1. The maximum absolute atomic E-state index is 12.6. The highest BCUT2D eigenvalue weighted by Crippen LogP contribution is 2.22. The summed E-state index contributed by atoms with van der Waals surface area (Å²) in [5, 5.41) is 2.68. The highest BCUT2D eigenvalue weighted by atomic mass is 35.5. The number of barbiturate groups is 1. The van der Waals surface area contributed by atoms with Crippen LogP contribution in [0.5, 0.6) is 0 Å². The predicted octanol–water partition coefficient (Wildman–Crippen LogP) is -0.475. The Hall–Kier alpha value is -2.29. The van der Waals surface area contributed by atoms with Gasteiger partial charge in [0.2, 0.25) is 5.91 Å². The first-order chi connectivity index (χ1) is 12.6. The summed E-state index contributed by atoms with van der Waals surface area (Å²) in [7, 11) is 0. The molecule has 8 nitrogen and oxygen atoms in total. The van der Waals surface area contributed by atoms with Crippen LogP contribution < -0.4 is 15.1 Å². The van der Waals surface area contributed by atoms with Crippen LogP contribution in [0.3, 0.4) is 0 Å². The molecule has 1 aromatic rings. The zero-order valence-electron chi connectivity index (χ0n) is 14.1. The Morgan fingerprint density at radius 3 is 2.62 bits per heavy atom. The van der Waals surface area contributed by atoms with E-state index in [-0.39, 0.29) is 0 Å². The van der Waals surface area contributed by atoms with E-state index < -0.39 is 23.8 Å². The number of hydrogen-bond acceptors (Lipinski definition) is 5. The molecule has 2 saturated heterocycles. The third kappa shape index (κ3) is 4.27. The molecule has 4 amide bonds. The number of halogens is 1. The SMILES string of the molecule is O=C1NC(=O)N(c2ccc(Cl)cc2)C(=O)[C@@H]1C=NCC[NH+]1CCOCC1. The summed E-state index contributed by atoms with van der Waals surface area (Å²) in [4.78, 5) is 43.3. The molecule has 0 unspecified atom stereocenters. The molecule has 2 fully saturated rings. The number of urea groups is 1. The molecule has 0 aromatic heterocycles. The Bertz CT molecular complexity index is 716. The van der Waals surface area contributed by atoms with Gasteiger partial charge in [0.15, 0.2) is 5.92 Å². The summed E-state index contributed by atoms with van der Waals surface area (Å²) in [6.45, 7) is 4.64. The van der Waals surface area contributed by atoms with Crippen molar-refractivity contribution in [3.8, 4) is 0 Å². The van der Waals surface area contributed by atoms with Crippen LogP contribution >= 0.6 is 11.6 Å². The molecule has 9 heteroatoms. The number of aliphatic imine (C=N–C) groups is 1. The Balaban J connectivity index is 1.65. The van der Waals surface area contributed by atoms with Gasteiger partial charge in [-0.3, -0.25) is 19.9 Å². The van der Waals surface area contributed by atoms with Crippen LogP contribution in [0.4, 0.5) is 10.5 Å². The van der Waals surface area contributed by atoms with Crippen LogP contribution in [0.25, 0.3) is 0 Å². The Labute approximate surface area is 155 Å². The van der Waals surface area contributed by atoms with Crippen LogP contribution in [0.1, 0.15) is 0 Å². The van der Waals surface area contributed by atoms with Crippen LogP contribution in [0.15, 0.2) is 29.3 Å². The minimum atomic E-state index is -1.12. The minimum absolute atomic E-state index is 0.348. The molecule has 0 bridgehead atoms. The van der Waals surface area contributed by atoms with Gasteiger partial charge >= 0.3 is 6.03 Å². The van der Waals surface area contributed by atoms with Crippen molar-refractivity contribution < 1.29 is 24.0 Å². The first-order valence-electron chi connectivity index (χ1n) is 8.42. The topological polar surface area (TPSA) is 92.5 Å². The average molecular weight is 380 g/mol. The Morgan fingerprint density at radius 2 is 1.92 bits per heavy atom. The molecule has 2 heterocycles. The van der Waals surface area contributed by atoms with Crippen molar-refractivity contribution in [2.24, 2.45) is 10.9 Å². The Morgan fingerprint density at radius 1 is 1.23 bits per heavy atom. The van der Waals surface area contributed by atoms with E-state index in [4.69, 9.17) is 16.3 Å². The number of rotatable bonds is 5. The van der Waals surface area contributed by atoms with Crippen molar-refractivity contribution in [2.45, 2.75) is 0 Å². The molecule has 1 atom stereocenters. The smallest absolute Gasteiger partial charge is 0.335 e. The molecule has 0 aliphatic carbocycles. The monoisotopic (exact) mass is 379 g/mol. The molecule has 2 aliphatic rings. The van der Waals surface area contributed by atoms with E-state index >= 15 is 0 Å². The molecular weight excluding hydrogens is 360 g/mol. The van der Waals surface area contributed by atoms with E-state index in [9.17, 15) is 14.4 Å². The van der Waals surface area contributed by atoms with Crippen molar-refractivity contribution in [1.82, 2.24) is 5.32 Å². The fraction of sp³-hybridized carbons (Fsp3) is 0.412. The van der Waals surface area contributed by atoms with Gasteiger partial charge in [0.05, 0.1) is 32.0 Å². The van der Waals surface area contributed by atoms with Gasteiger partial charge in [0.25, 0.3) is 5.91 Å². The van der Waals surface area contributed by atoms with E-state index in [2.05, 4.69) is 10.3 Å². The van der Waals surface area contributed by atoms with Crippen molar-refractivity contribution in [2.75, 3.05) is 44.3 Å². The molecule has 0 radical (unpaired) electrons. The number of anilines is 1. The number of imide groups is 2. The first kappa shape index (κ1) is 18.5. The predicted molar refractivity (Wildman–Crippen MR) is 95.7 cm³/mol. The number of benzene rings is 1. The van der Waals surface area contributed by atoms with Gasteiger partial charge in [-0.25, -0.2) is 9.69 Å². The molecule has 2 N–H and O–H groups in total. The number of carbonyl (C=O) groups is 3. The highest BCUT2D eigenvalue weighted by Gasteiger charge is 2.40. The largest absolute Gasteiger partial charge is 0.370 e. The summed E-state index contributed by atoms with van der Waals surface area (Å²) in [6, 6.07) is 5.46. The van der Waals surface area contributed by atoms with Gasteiger partial charge in [-0.1, -0.05) is 11.6 Å². The van der Waals surface area contributed by atoms with Gasteiger partial charge < -0.3 is 9.64 Å². The number of hydrogen-bond donors (Lipinski definition) is 2. The van der Waals surface area contributed by atoms with Crippen molar-refractivity contribution in [3.63, 3.8) is 0 Å². The standard InChI is InChI=1S/C17H19ClN4O4/c18-12-1-3-13(4-2-12)22-16(24)14(15(23)20-17(22)25)11-19-5-6-21-7-9-26-10-8-21/h1-4,11,14H,5-10H2,(H,20,23,25)/p+1/t14-/m1/s1. The second-order valence-corrected chi connectivity index (χ2v) is 6.53. The molecular formula is C17H20ClN4O4+. The summed E-state index contributed by atoms with van der Waals surface area (Å²) in [5.41, 5.74) is 0.348. The molecule has 0 saturated carbocycles. The zero-order chi connectivity index (χ0) is 18.5. The van der Waals surface area contributed by atoms with Crippen molar-refractivity contribution >= 4 is 41.3 Å².